The van der Waals surface area contributed by atoms with Gasteiger partial charge in [0.2, 0.25) is 10.0 Å². The molecule has 2 aromatic carbocycles. The van der Waals surface area contributed by atoms with Gasteiger partial charge in [-0.3, -0.25) is 4.79 Å². The summed E-state index contributed by atoms with van der Waals surface area (Å²) in [5, 5.41) is 10.8. The van der Waals surface area contributed by atoms with Gasteiger partial charge in [0, 0.05) is 34.7 Å². The maximum absolute atomic E-state index is 13.3. The van der Waals surface area contributed by atoms with Crippen molar-refractivity contribution in [3.63, 3.8) is 0 Å². The molecule has 2 aliphatic heterocycles. The topological polar surface area (TPSA) is 95.9 Å². The summed E-state index contributed by atoms with van der Waals surface area (Å²) in [4.78, 5) is 15.6. The summed E-state index contributed by atoms with van der Waals surface area (Å²) < 4.78 is 35.0. The Morgan fingerprint density at radius 1 is 1.14 bits per heavy atom. The van der Waals surface area contributed by atoms with Gasteiger partial charge in [0.1, 0.15) is 5.75 Å². The van der Waals surface area contributed by atoms with Gasteiger partial charge < -0.3 is 14.7 Å². The first-order chi connectivity index (χ1) is 20.6. The average Bonchev–Trinajstić information content (AvgIpc) is 3.10. The molecule has 2 N–H and O–H groups in total. The minimum Gasteiger partial charge on any atom is -0.490 e. The zero-order valence-electron chi connectivity index (χ0n) is 24.7. The minimum atomic E-state index is -3.96. The number of aliphatic hydroxyl groups is 1. The molecule has 0 aromatic heterocycles. The molecule has 2 heterocycles. The molecule has 1 spiro atoms. The third-order valence-corrected chi connectivity index (χ3v) is 11.8. The lowest BCUT2D eigenvalue weighted by atomic mass is 9.68. The quantitative estimate of drug-likeness (QED) is 0.383. The van der Waals surface area contributed by atoms with E-state index in [1.54, 1.807) is 32.0 Å². The zero-order valence-corrected chi connectivity index (χ0v) is 26.3. The number of aryl methyl sites for hydroxylation is 1. The van der Waals surface area contributed by atoms with Crippen molar-refractivity contribution in [1.82, 2.24) is 4.72 Å². The highest BCUT2D eigenvalue weighted by molar-refractivity contribution is 7.90. The van der Waals surface area contributed by atoms with Gasteiger partial charge in [0.05, 0.1) is 23.6 Å². The van der Waals surface area contributed by atoms with Gasteiger partial charge in [-0.25, -0.2) is 13.1 Å². The Hall–Kier alpha value is -2.99. The number of carbonyl (C=O) groups excluding carboxylic acids is 1. The van der Waals surface area contributed by atoms with Gasteiger partial charge in [-0.2, -0.15) is 0 Å². The van der Waals surface area contributed by atoms with Crippen LogP contribution in [-0.2, 0) is 21.9 Å². The molecule has 9 heteroatoms. The van der Waals surface area contributed by atoms with E-state index in [-0.39, 0.29) is 29.7 Å². The molecule has 0 radical (unpaired) electrons. The number of hydrogen-bond acceptors (Lipinski definition) is 6. The molecular formula is C34H39ClN2O5S. The fourth-order valence-electron chi connectivity index (χ4n) is 7.28. The number of amides is 1. The molecule has 1 fully saturated rings. The number of sulfonamides is 1. The number of nitrogens with zero attached hydrogens (tertiary/aromatic N) is 1. The molecule has 2 aliphatic carbocycles. The summed E-state index contributed by atoms with van der Waals surface area (Å²) in [6.07, 6.45) is 6.43. The molecule has 43 heavy (non-hydrogen) atoms. The maximum atomic E-state index is 13.3. The van der Waals surface area contributed by atoms with Crippen LogP contribution in [0.4, 0.5) is 5.69 Å². The summed E-state index contributed by atoms with van der Waals surface area (Å²) >= 11 is 6.40. The number of ether oxygens (including phenoxy) is 1. The highest BCUT2D eigenvalue weighted by Crippen LogP contribution is 2.47. The van der Waals surface area contributed by atoms with E-state index < -0.39 is 27.3 Å². The van der Waals surface area contributed by atoms with Gasteiger partial charge in [-0.05, 0) is 118 Å². The first-order valence-corrected chi connectivity index (χ1v) is 17.2. The van der Waals surface area contributed by atoms with E-state index >= 15 is 0 Å². The van der Waals surface area contributed by atoms with Crippen molar-refractivity contribution in [1.29, 1.82) is 0 Å². The van der Waals surface area contributed by atoms with Gasteiger partial charge in [-0.1, -0.05) is 23.6 Å². The summed E-state index contributed by atoms with van der Waals surface area (Å²) in [7, 11) is -3.96. The highest BCUT2D eigenvalue weighted by Gasteiger charge is 2.44. The van der Waals surface area contributed by atoms with Crippen LogP contribution in [0.1, 0.15) is 73.9 Å². The highest BCUT2D eigenvalue weighted by atomic mass is 35.5. The zero-order chi connectivity index (χ0) is 30.4. The second kappa shape index (κ2) is 11.8. The molecule has 2 bridgehead atoms. The van der Waals surface area contributed by atoms with E-state index in [0.29, 0.717) is 24.8 Å². The second-order valence-electron chi connectivity index (χ2n) is 12.7. The number of benzene rings is 2. The summed E-state index contributed by atoms with van der Waals surface area (Å²) in [6, 6.07) is 11.4. The van der Waals surface area contributed by atoms with Gasteiger partial charge in [0.25, 0.3) is 5.91 Å². The van der Waals surface area contributed by atoms with Crippen LogP contribution in [0.5, 0.6) is 5.75 Å². The second-order valence-corrected chi connectivity index (χ2v) is 15.2. The largest absolute Gasteiger partial charge is 0.490 e. The van der Waals surface area contributed by atoms with E-state index in [1.807, 2.05) is 12.1 Å². The Morgan fingerprint density at radius 3 is 2.74 bits per heavy atom. The Balaban J connectivity index is 1.45. The Bertz CT molecular complexity index is 1630. The number of nitrogens with one attached hydrogen (secondary N) is 1. The number of halogens is 1. The van der Waals surface area contributed by atoms with Crippen molar-refractivity contribution in [2.45, 2.75) is 75.6 Å². The smallest absolute Gasteiger partial charge is 0.264 e. The molecule has 2 aromatic rings. The normalized spacial score (nSPS) is 31.4. The van der Waals surface area contributed by atoms with Crippen LogP contribution in [0.3, 0.4) is 0 Å². The fourth-order valence-corrected chi connectivity index (χ4v) is 8.50. The molecule has 228 valence electrons. The van der Waals surface area contributed by atoms with Crippen LogP contribution >= 0.6 is 11.6 Å². The minimum absolute atomic E-state index is 0.198. The molecule has 0 unspecified atom stereocenters. The molecule has 1 saturated carbocycles. The standard InChI is InChI=1S/C34H39ClN2O5S/c1-3-5-23-17-28(38)11-7-22(2)43(40,41)36-33(39)25-9-14-32-31(18-25)37(19-26-8-12-29(23)26)20-34(21-42-32)15-4-6-24-16-27(35)10-13-30(24)34/h9-10,13-14,16-18,22,26,28-29,38H,4,6-8,11-12,15,19-21H2,1-2H3,(H,36,39)/b23-17-/t22-,26+,28+,29+,34+/m1/s1. The van der Waals surface area contributed by atoms with Crippen molar-refractivity contribution in [3.8, 4) is 17.6 Å². The van der Waals surface area contributed by atoms with Gasteiger partial charge in [-0.15, -0.1) is 5.92 Å². The maximum Gasteiger partial charge on any atom is 0.264 e. The third kappa shape index (κ3) is 5.92. The van der Waals surface area contributed by atoms with E-state index in [2.05, 4.69) is 33.6 Å². The molecule has 1 amide bonds. The first kappa shape index (κ1) is 30.1. The van der Waals surface area contributed by atoms with Crippen molar-refractivity contribution >= 4 is 33.2 Å². The van der Waals surface area contributed by atoms with Crippen LogP contribution in [0.25, 0.3) is 0 Å². The van der Waals surface area contributed by atoms with Gasteiger partial charge in [0.15, 0.2) is 0 Å². The summed E-state index contributed by atoms with van der Waals surface area (Å²) in [6.45, 7) is 5.28. The van der Waals surface area contributed by atoms with Crippen LogP contribution in [0.2, 0.25) is 5.02 Å². The van der Waals surface area contributed by atoms with Crippen LogP contribution < -0.4 is 14.4 Å². The average molecular weight is 623 g/mol. The molecule has 7 nitrogen and oxygen atoms in total. The number of carbonyl (C=O) groups is 1. The Morgan fingerprint density at radius 2 is 1.98 bits per heavy atom. The van der Waals surface area contributed by atoms with E-state index in [0.717, 1.165) is 54.9 Å². The van der Waals surface area contributed by atoms with Crippen molar-refractivity contribution < 1.29 is 23.1 Å². The third-order valence-electron chi connectivity index (χ3n) is 9.85. The number of fused-ring (bicyclic) bond motifs is 4. The number of anilines is 1. The van der Waals surface area contributed by atoms with Crippen LogP contribution in [0.15, 0.2) is 48.0 Å². The SMILES string of the molecule is CC#C/C1=C/[C@@H](O)CC[C@@H](C)S(=O)(=O)NC(=O)c2ccc3c(c2)N(C[C@@H]2CC[C@@H]12)C[C@@]1(CCCc2cc(Cl)ccc21)CO3. The molecule has 4 aliphatic rings. The Kier molecular flexibility index (Phi) is 8.27. The number of allylic oxidation sites excluding steroid dienone is 1. The van der Waals surface area contributed by atoms with E-state index in [4.69, 9.17) is 16.3 Å². The fraction of sp³-hybridized carbons (Fsp3) is 0.500. The lowest BCUT2D eigenvalue weighted by molar-refractivity contribution is 0.0981. The van der Waals surface area contributed by atoms with Crippen molar-refractivity contribution in [2.75, 3.05) is 24.6 Å². The van der Waals surface area contributed by atoms with E-state index in [1.165, 1.54) is 11.1 Å². The Labute approximate surface area is 259 Å². The van der Waals surface area contributed by atoms with Gasteiger partial charge >= 0.3 is 0 Å². The molecule has 6 rings (SSSR count). The molecular weight excluding hydrogens is 584 g/mol. The first-order valence-electron chi connectivity index (χ1n) is 15.3. The lowest BCUT2D eigenvalue weighted by Crippen LogP contribution is -2.48. The number of aliphatic hydroxyl groups excluding tert-OH is 1. The lowest BCUT2D eigenvalue weighted by Gasteiger charge is -2.44. The predicted octanol–water partition coefficient (Wildman–Crippen LogP) is 5.39. The van der Waals surface area contributed by atoms with Crippen molar-refractivity contribution in [2.24, 2.45) is 11.8 Å². The number of rotatable bonds is 0. The van der Waals surface area contributed by atoms with Crippen LogP contribution in [-0.4, -0.2) is 50.5 Å². The van der Waals surface area contributed by atoms with E-state index in [9.17, 15) is 18.3 Å². The number of hydrogen-bond donors (Lipinski definition) is 2. The monoisotopic (exact) mass is 622 g/mol. The molecule has 0 saturated heterocycles. The van der Waals surface area contributed by atoms with Crippen LogP contribution in [0, 0.1) is 23.7 Å². The predicted molar refractivity (Wildman–Crippen MR) is 169 cm³/mol. The van der Waals surface area contributed by atoms with Crippen molar-refractivity contribution in [3.05, 3.63) is 69.8 Å². The summed E-state index contributed by atoms with van der Waals surface area (Å²) in [5.41, 5.74) is 4.23. The summed E-state index contributed by atoms with van der Waals surface area (Å²) in [5.74, 6) is 6.80. The molecule has 5 atom stereocenters.